The van der Waals surface area contributed by atoms with Crippen molar-refractivity contribution in [1.82, 2.24) is 0 Å². The van der Waals surface area contributed by atoms with E-state index in [1.807, 2.05) is 49.9 Å². The first kappa shape index (κ1) is 14.8. The number of anilines is 1. The topological polar surface area (TPSA) is 20.3 Å². The van der Waals surface area contributed by atoms with Crippen molar-refractivity contribution >= 4 is 27.5 Å². The highest BCUT2D eigenvalue weighted by molar-refractivity contribution is 9.10. The highest BCUT2D eigenvalue weighted by Gasteiger charge is 2.17. The van der Waals surface area contributed by atoms with Crippen molar-refractivity contribution in [2.45, 2.75) is 20.8 Å². The molecule has 104 valence electrons. The molecule has 0 unspecified atom stereocenters. The lowest BCUT2D eigenvalue weighted by molar-refractivity contribution is 0.0988. The van der Waals surface area contributed by atoms with Crippen LogP contribution in [0.1, 0.15) is 28.4 Å². The lowest BCUT2D eigenvalue weighted by Crippen LogP contribution is -2.31. The van der Waals surface area contributed by atoms with Crippen LogP contribution >= 0.6 is 15.9 Å². The third-order valence-corrected chi connectivity index (χ3v) is 3.78. The second-order valence-corrected chi connectivity index (χ2v) is 5.77. The van der Waals surface area contributed by atoms with Crippen LogP contribution in [0.5, 0.6) is 0 Å². The fourth-order valence-electron chi connectivity index (χ4n) is 2.21. The molecule has 1 amide bonds. The molecule has 0 bridgehead atoms. The van der Waals surface area contributed by atoms with Crippen LogP contribution < -0.4 is 4.90 Å². The number of benzene rings is 2. The molecule has 0 aliphatic rings. The van der Waals surface area contributed by atoms with E-state index in [0.717, 1.165) is 21.3 Å². The molecule has 3 heteroatoms. The van der Waals surface area contributed by atoms with Crippen molar-refractivity contribution < 1.29 is 4.79 Å². The number of amides is 1. The number of hydrogen-bond donors (Lipinski definition) is 0. The maximum Gasteiger partial charge on any atom is 0.258 e. The van der Waals surface area contributed by atoms with E-state index < -0.39 is 0 Å². The van der Waals surface area contributed by atoms with E-state index in [1.165, 1.54) is 0 Å². The number of halogens is 1. The second kappa shape index (κ2) is 6.23. The molecule has 0 fully saturated rings. The van der Waals surface area contributed by atoms with Gasteiger partial charge in [-0.05, 0) is 56.2 Å². The van der Waals surface area contributed by atoms with Gasteiger partial charge in [0.05, 0.1) is 0 Å². The number of carbonyl (C=O) groups excluding carboxylic acids is 1. The third kappa shape index (κ3) is 3.10. The molecule has 2 aromatic carbocycles. The van der Waals surface area contributed by atoms with Crippen molar-refractivity contribution in [2.24, 2.45) is 0 Å². The Morgan fingerprint density at radius 1 is 1.15 bits per heavy atom. The fourth-order valence-corrected chi connectivity index (χ4v) is 2.61. The van der Waals surface area contributed by atoms with Gasteiger partial charge in [0.2, 0.25) is 0 Å². The fraction of sp³-hybridized carbons (Fsp3) is 0.235. The minimum Gasteiger partial charge on any atom is -0.308 e. The summed E-state index contributed by atoms with van der Waals surface area (Å²) in [6.07, 6.45) is 0. The van der Waals surface area contributed by atoms with E-state index in [9.17, 15) is 4.79 Å². The van der Waals surface area contributed by atoms with E-state index in [2.05, 4.69) is 34.1 Å². The van der Waals surface area contributed by atoms with Crippen molar-refractivity contribution in [3.63, 3.8) is 0 Å². The zero-order chi connectivity index (χ0) is 14.7. The molecule has 0 heterocycles. The highest BCUT2D eigenvalue weighted by atomic mass is 79.9. The molecule has 2 aromatic rings. The Morgan fingerprint density at radius 3 is 2.55 bits per heavy atom. The molecule has 0 atom stereocenters. The Kier molecular flexibility index (Phi) is 4.61. The monoisotopic (exact) mass is 331 g/mol. The number of nitrogens with zero attached hydrogens (tertiary/aromatic N) is 1. The summed E-state index contributed by atoms with van der Waals surface area (Å²) < 4.78 is 0.917. The molecule has 0 aliphatic carbocycles. The smallest absolute Gasteiger partial charge is 0.258 e. The van der Waals surface area contributed by atoms with Crippen molar-refractivity contribution in [1.29, 1.82) is 0 Å². The summed E-state index contributed by atoms with van der Waals surface area (Å²) in [5.41, 5.74) is 3.95. The molecule has 0 saturated carbocycles. The van der Waals surface area contributed by atoms with Crippen LogP contribution in [0.4, 0.5) is 5.69 Å². The first-order valence-electron chi connectivity index (χ1n) is 6.67. The molecular weight excluding hydrogens is 314 g/mol. The number of rotatable bonds is 3. The summed E-state index contributed by atoms with van der Waals surface area (Å²) in [4.78, 5) is 14.5. The van der Waals surface area contributed by atoms with Gasteiger partial charge >= 0.3 is 0 Å². The summed E-state index contributed by atoms with van der Waals surface area (Å²) >= 11 is 3.41. The maximum absolute atomic E-state index is 12.7. The van der Waals surface area contributed by atoms with Gasteiger partial charge in [0, 0.05) is 22.3 Å². The quantitative estimate of drug-likeness (QED) is 0.795. The van der Waals surface area contributed by atoms with Gasteiger partial charge in [0.15, 0.2) is 0 Å². The van der Waals surface area contributed by atoms with E-state index in [-0.39, 0.29) is 5.91 Å². The van der Waals surface area contributed by atoms with E-state index in [1.54, 1.807) is 0 Å². The minimum absolute atomic E-state index is 0.0301. The van der Waals surface area contributed by atoms with Gasteiger partial charge in [-0.15, -0.1) is 0 Å². The van der Waals surface area contributed by atoms with Gasteiger partial charge in [-0.25, -0.2) is 0 Å². The Balaban J connectivity index is 2.42. The van der Waals surface area contributed by atoms with E-state index in [0.29, 0.717) is 12.1 Å². The average Bonchev–Trinajstić information content (AvgIpc) is 2.43. The molecule has 2 nitrogen and oxygen atoms in total. The van der Waals surface area contributed by atoms with Gasteiger partial charge in [-0.1, -0.05) is 34.1 Å². The number of hydrogen-bond acceptors (Lipinski definition) is 1. The summed E-state index contributed by atoms with van der Waals surface area (Å²) in [6, 6.07) is 13.7. The van der Waals surface area contributed by atoms with Crippen molar-refractivity contribution in [3.8, 4) is 0 Å². The largest absolute Gasteiger partial charge is 0.308 e. The predicted molar refractivity (Wildman–Crippen MR) is 87.4 cm³/mol. The Hall–Kier alpha value is -1.61. The molecule has 0 radical (unpaired) electrons. The van der Waals surface area contributed by atoms with Crippen LogP contribution in [0.25, 0.3) is 0 Å². The van der Waals surface area contributed by atoms with Gasteiger partial charge in [-0.3, -0.25) is 4.79 Å². The first-order valence-corrected chi connectivity index (χ1v) is 7.47. The van der Waals surface area contributed by atoms with Crippen LogP contribution in [0.3, 0.4) is 0 Å². The summed E-state index contributed by atoms with van der Waals surface area (Å²) in [6.45, 7) is 6.72. The maximum atomic E-state index is 12.7. The summed E-state index contributed by atoms with van der Waals surface area (Å²) in [7, 11) is 0. The van der Waals surface area contributed by atoms with Gasteiger partial charge in [0.25, 0.3) is 5.91 Å². The van der Waals surface area contributed by atoms with Gasteiger partial charge in [0.1, 0.15) is 0 Å². The molecule has 0 aromatic heterocycles. The van der Waals surface area contributed by atoms with Crippen LogP contribution in [-0.2, 0) is 0 Å². The predicted octanol–water partition coefficient (Wildman–Crippen LogP) is 4.73. The molecule has 0 saturated heterocycles. The Labute approximate surface area is 128 Å². The molecule has 0 N–H and O–H groups in total. The normalized spacial score (nSPS) is 10.4. The van der Waals surface area contributed by atoms with Crippen LogP contribution in [0.2, 0.25) is 0 Å². The zero-order valence-electron chi connectivity index (χ0n) is 12.0. The zero-order valence-corrected chi connectivity index (χ0v) is 13.6. The standard InChI is InChI=1S/C17H18BrNO/c1-4-19(16-10-12(2)8-9-13(16)3)17(20)14-6-5-7-15(18)11-14/h5-11H,4H2,1-3H3. The van der Waals surface area contributed by atoms with Crippen molar-refractivity contribution in [3.05, 3.63) is 63.6 Å². The van der Waals surface area contributed by atoms with Crippen LogP contribution in [0, 0.1) is 13.8 Å². The van der Waals surface area contributed by atoms with E-state index in [4.69, 9.17) is 0 Å². The lowest BCUT2D eigenvalue weighted by atomic mass is 10.1. The molecule has 20 heavy (non-hydrogen) atoms. The van der Waals surface area contributed by atoms with Crippen LogP contribution in [-0.4, -0.2) is 12.5 Å². The number of aryl methyl sites for hydroxylation is 2. The van der Waals surface area contributed by atoms with Gasteiger partial charge in [-0.2, -0.15) is 0 Å². The second-order valence-electron chi connectivity index (χ2n) is 4.85. The summed E-state index contributed by atoms with van der Waals surface area (Å²) in [5, 5.41) is 0. The number of carbonyl (C=O) groups is 1. The Morgan fingerprint density at radius 2 is 1.90 bits per heavy atom. The average molecular weight is 332 g/mol. The lowest BCUT2D eigenvalue weighted by Gasteiger charge is -2.23. The highest BCUT2D eigenvalue weighted by Crippen LogP contribution is 2.24. The van der Waals surface area contributed by atoms with Gasteiger partial charge < -0.3 is 4.90 Å². The molecule has 2 rings (SSSR count). The van der Waals surface area contributed by atoms with E-state index >= 15 is 0 Å². The Bertz CT molecular complexity index is 637. The van der Waals surface area contributed by atoms with Crippen LogP contribution in [0.15, 0.2) is 46.9 Å². The molecule has 0 aliphatic heterocycles. The SMILES string of the molecule is CCN(C(=O)c1cccc(Br)c1)c1cc(C)ccc1C. The summed E-state index contributed by atoms with van der Waals surface area (Å²) in [5.74, 6) is 0.0301. The minimum atomic E-state index is 0.0301. The van der Waals surface area contributed by atoms with Crippen molar-refractivity contribution in [2.75, 3.05) is 11.4 Å². The third-order valence-electron chi connectivity index (χ3n) is 3.29. The molecule has 0 spiro atoms. The molecular formula is C17H18BrNO. The first-order chi connectivity index (χ1) is 9.52.